The maximum Gasteiger partial charge on any atom is 0.224 e. The first kappa shape index (κ1) is 16.5. The van der Waals surface area contributed by atoms with E-state index in [0.29, 0.717) is 19.4 Å². The maximum atomic E-state index is 11.9. The van der Waals surface area contributed by atoms with Crippen LogP contribution in [-0.4, -0.2) is 31.3 Å². The average Bonchev–Trinajstić information content (AvgIpc) is 2.39. The van der Waals surface area contributed by atoms with Crippen LogP contribution in [0.5, 0.6) is 5.75 Å². The number of benzene rings is 1. The van der Waals surface area contributed by atoms with E-state index in [2.05, 4.69) is 5.32 Å². The Bertz CT molecular complexity index is 455. The van der Waals surface area contributed by atoms with Crippen LogP contribution in [0, 0.1) is 12.3 Å². The fourth-order valence-electron chi connectivity index (χ4n) is 1.95. The van der Waals surface area contributed by atoms with Gasteiger partial charge in [0.1, 0.15) is 5.75 Å². The van der Waals surface area contributed by atoms with E-state index in [1.165, 1.54) is 0 Å². The number of aryl methyl sites for hydroxylation is 1. The third-order valence-corrected chi connectivity index (χ3v) is 3.39. The molecule has 4 heteroatoms. The Morgan fingerprint density at radius 3 is 2.70 bits per heavy atom. The molecule has 0 saturated carbocycles. The number of ether oxygens (including phenoxy) is 1. The van der Waals surface area contributed by atoms with Gasteiger partial charge in [0.2, 0.25) is 5.91 Å². The molecule has 1 amide bonds. The first-order valence-electron chi connectivity index (χ1n) is 6.89. The number of methoxy groups -OCH3 is 1. The summed E-state index contributed by atoms with van der Waals surface area (Å²) in [5, 5.41) is 11.9. The molecule has 2 N–H and O–H groups in total. The SMILES string of the molecule is COc1cc(CC(=O)NCC(C)(C)CCO)ccc1C. The molecular weight excluding hydrogens is 254 g/mol. The second kappa shape index (κ2) is 7.29. The summed E-state index contributed by atoms with van der Waals surface area (Å²) < 4.78 is 5.25. The minimum Gasteiger partial charge on any atom is -0.496 e. The van der Waals surface area contributed by atoms with Crippen molar-refractivity contribution in [3.63, 3.8) is 0 Å². The van der Waals surface area contributed by atoms with Gasteiger partial charge in [-0.25, -0.2) is 0 Å². The lowest BCUT2D eigenvalue weighted by molar-refractivity contribution is -0.120. The van der Waals surface area contributed by atoms with Crippen LogP contribution in [-0.2, 0) is 11.2 Å². The van der Waals surface area contributed by atoms with Gasteiger partial charge in [0, 0.05) is 13.2 Å². The fraction of sp³-hybridized carbons (Fsp3) is 0.562. The number of amides is 1. The first-order chi connectivity index (χ1) is 9.38. The zero-order chi connectivity index (χ0) is 15.2. The van der Waals surface area contributed by atoms with Crippen molar-refractivity contribution in [3.05, 3.63) is 29.3 Å². The van der Waals surface area contributed by atoms with Crippen molar-refractivity contribution in [2.45, 2.75) is 33.6 Å². The van der Waals surface area contributed by atoms with Crippen molar-refractivity contribution in [1.82, 2.24) is 5.32 Å². The van der Waals surface area contributed by atoms with E-state index in [1.807, 2.05) is 39.0 Å². The van der Waals surface area contributed by atoms with Gasteiger partial charge in [-0.15, -0.1) is 0 Å². The smallest absolute Gasteiger partial charge is 0.224 e. The number of nitrogens with one attached hydrogen (secondary N) is 1. The number of aliphatic hydroxyl groups excluding tert-OH is 1. The number of aliphatic hydroxyl groups is 1. The van der Waals surface area contributed by atoms with E-state index in [1.54, 1.807) is 7.11 Å². The Kier molecular flexibility index (Phi) is 6.02. The molecule has 0 spiro atoms. The summed E-state index contributed by atoms with van der Waals surface area (Å²) in [4.78, 5) is 11.9. The molecule has 0 aliphatic carbocycles. The molecule has 0 heterocycles. The molecule has 1 aromatic carbocycles. The molecule has 0 radical (unpaired) electrons. The highest BCUT2D eigenvalue weighted by atomic mass is 16.5. The van der Waals surface area contributed by atoms with Crippen molar-refractivity contribution in [2.24, 2.45) is 5.41 Å². The van der Waals surface area contributed by atoms with Crippen molar-refractivity contribution < 1.29 is 14.6 Å². The Labute approximate surface area is 121 Å². The van der Waals surface area contributed by atoms with Crippen molar-refractivity contribution >= 4 is 5.91 Å². The summed E-state index contributed by atoms with van der Waals surface area (Å²) in [5.74, 6) is 0.790. The Balaban J connectivity index is 2.54. The quantitative estimate of drug-likeness (QED) is 0.803. The van der Waals surface area contributed by atoms with E-state index in [4.69, 9.17) is 9.84 Å². The molecule has 0 bridgehead atoms. The highest BCUT2D eigenvalue weighted by Crippen LogP contribution is 2.20. The van der Waals surface area contributed by atoms with Gasteiger partial charge in [0.15, 0.2) is 0 Å². The third kappa shape index (κ3) is 5.21. The molecular formula is C16H25NO3. The van der Waals surface area contributed by atoms with Crippen LogP contribution in [0.15, 0.2) is 18.2 Å². The molecule has 0 saturated heterocycles. The number of carbonyl (C=O) groups excluding carboxylic acids is 1. The van der Waals surface area contributed by atoms with Crippen molar-refractivity contribution in [3.8, 4) is 5.75 Å². The van der Waals surface area contributed by atoms with Gasteiger partial charge in [-0.05, 0) is 36.0 Å². The lowest BCUT2D eigenvalue weighted by atomic mass is 9.89. The molecule has 0 atom stereocenters. The van der Waals surface area contributed by atoms with E-state index in [9.17, 15) is 4.79 Å². The monoisotopic (exact) mass is 279 g/mol. The first-order valence-corrected chi connectivity index (χ1v) is 6.89. The standard InChI is InChI=1S/C16H25NO3/c1-12-5-6-13(9-14(12)20-4)10-15(19)17-11-16(2,3)7-8-18/h5-6,9,18H,7-8,10-11H2,1-4H3,(H,17,19). The highest BCUT2D eigenvalue weighted by Gasteiger charge is 2.18. The molecule has 1 rings (SSSR count). The molecule has 4 nitrogen and oxygen atoms in total. The zero-order valence-electron chi connectivity index (χ0n) is 12.8. The van der Waals surface area contributed by atoms with Gasteiger partial charge in [0.05, 0.1) is 13.5 Å². The number of carbonyl (C=O) groups is 1. The minimum atomic E-state index is -0.0879. The summed E-state index contributed by atoms with van der Waals surface area (Å²) in [6.45, 7) is 6.73. The van der Waals surface area contributed by atoms with Crippen LogP contribution >= 0.6 is 0 Å². The molecule has 20 heavy (non-hydrogen) atoms. The Morgan fingerprint density at radius 1 is 1.40 bits per heavy atom. The van der Waals surface area contributed by atoms with Crippen LogP contribution in [0.25, 0.3) is 0 Å². The summed E-state index contributed by atoms with van der Waals surface area (Å²) >= 11 is 0. The number of hydrogen-bond donors (Lipinski definition) is 2. The molecule has 1 aromatic rings. The summed E-state index contributed by atoms with van der Waals surface area (Å²) in [6, 6.07) is 5.79. The second-order valence-electron chi connectivity index (χ2n) is 5.90. The van der Waals surface area contributed by atoms with Crippen LogP contribution in [0.3, 0.4) is 0 Å². The van der Waals surface area contributed by atoms with E-state index in [-0.39, 0.29) is 17.9 Å². The van der Waals surface area contributed by atoms with E-state index in [0.717, 1.165) is 16.9 Å². The lowest BCUT2D eigenvalue weighted by Crippen LogP contribution is -2.35. The molecule has 0 aromatic heterocycles. The van der Waals surface area contributed by atoms with Crippen molar-refractivity contribution in [1.29, 1.82) is 0 Å². The van der Waals surface area contributed by atoms with Gasteiger partial charge in [0.25, 0.3) is 0 Å². The second-order valence-corrected chi connectivity index (χ2v) is 5.90. The predicted molar refractivity (Wildman–Crippen MR) is 79.9 cm³/mol. The van der Waals surface area contributed by atoms with Crippen LogP contribution in [0.4, 0.5) is 0 Å². The number of hydrogen-bond acceptors (Lipinski definition) is 3. The van der Waals surface area contributed by atoms with Gasteiger partial charge in [-0.2, -0.15) is 0 Å². The zero-order valence-corrected chi connectivity index (χ0v) is 12.8. The summed E-state index contributed by atoms with van der Waals surface area (Å²) in [7, 11) is 1.63. The fourth-order valence-corrected chi connectivity index (χ4v) is 1.95. The average molecular weight is 279 g/mol. The Hall–Kier alpha value is -1.55. The molecule has 0 aliphatic rings. The van der Waals surface area contributed by atoms with E-state index < -0.39 is 0 Å². The van der Waals surface area contributed by atoms with E-state index >= 15 is 0 Å². The van der Waals surface area contributed by atoms with Crippen molar-refractivity contribution in [2.75, 3.05) is 20.3 Å². The van der Waals surface area contributed by atoms with Gasteiger partial charge in [-0.1, -0.05) is 26.0 Å². The molecule has 0 fully saturated rings. The van der Waals surface area contributed by atoms with Gasteiger partial charge >= 0.3 is 0 Å². The van der Waals surface area contributed by atoms with Crippen LogP contribution in [0.2, 0.25) is 0 Å². The van der Waals surface area contributed by atoms with Crippen LogP contribution < -0.4 is 10.1 Å². The molecule has 112 valence electrons. The minimum absolute atomic E-state index is 0.0121. The van der Waals surface area contributed by atoms with Crippen LogP contribution in [0.1, 0.15) is 31.4 Å². The highest BCUT2D eigenvalue weighted by molar-refractivity contribution is 5.78. The lowest BCUT2D eigenvalue weighted by Gasteiger charge is -2.23. The maximum absolute atomic E-state index is 11.9. The third-order valence-electron chi connectivity index (χ3n) is 3.39. The largest absolute Gasteiger partial charge is 0.496 e. The summed E-state index contributed by atoms with van der Waals surface area (Å²) in [5.41, 5.74) is 1.90. The number of rotatable bonds is 7. The van der Waals surface area contributed by atoms with Gasteiger partial charge < -0.3 is 15.2 Å². The normalized spacial score (nSPS) is 11.2. The molecule has 0 unspecified atom stereocenters. The van der Waals surface area contributed by atoms with Gasteiger partial charge in [-0.3, -0.25) is 4.79 Å². The topological polar surface area (TPSA) is 58.6 Å². The summed E-state index contributed by atoms with van der Waals surface area (Å²) in [6.07, 6.45) is 1.01. The Morgan fingerprint density at radius 2 is 2.10 bits per heavy atom. The predicted octanol–water partition coefficient (Wildman–Crippen LogP) is 2.07. The molecule has 0 aliphatic heterocycles.